The standard InChI is InChI=1S/C18H27NO/c1-4-12-19-18(15-8-6-5-7-9-15)16-11-10-14(2)17(13-16)20-3/h8,10-11,13,18-19H,4-7,9,12H2,1-3H3. The van der Waals surface area contributed by atoms with E-state index in [4.69, 9.17) is 4.74 Å². The molecule has 0 radical (unpaired) electrons. The number of nitrogens with one attached hydrogen (secondary N) is 1. The lowest BCUT2D eigenvalue weighted by Crippen LogP contribution is -2.24. The number of hydrogen-bond acceptors (Lipinski definition) is 2. The zero-order valence-corrected chi connectivity index (χ0v) is 13.0. The molecule has 110 valence electrons. The molecule has 0 fully saturated rings. The Labute approximate surface area is 123 Å². The summed E-state index contributed by atoms with van der Waals surface area (Å²) in [5.74, 6) is 0.988. The molecule has 1 aliphatic carbocycles. The number of rotatable bonds is 6. The number of allylic oxidation sites excluding steroid dienone is 1. The molecule has 2 rings (SSSR count). The largest absolute Gasteiger partial charge is 0.496 e. The molecule has 0 saturated heterocycles. The summed E-state index contributed by atoms with van der Waals surface area (Å²) in [6.07, 6.45) is 8.69. The number of methoxy groups -OCH3 is 1. The first-order chi connectivity index (χ1) is 9.76. The van der Waals surface area contributed by atoms with E-state index in [1.54, 1.807) is 12.7 Å². The molecular weight excluding hydrogens is 246 g/mol. The normalized spacial score (nSPS) is 16.6. The van der Waals surface area contributed by atoms with Gasteiger partial charge >= 0.3 is 0 Å². The third-order valence-electron chi connectivity index (χ3n) is 4.06. The van der Waals surface area contributed by atoms with Crippen LogP contribution in [0.2, 0.25) is 0 Å². The van der Waals surface area contributed by atoms with Crippen molar-refractivity contribution in [2.45, 2.75) is 52.0 Å². The summed E-state index contributed by atoms with van der Waals surface area (Å²) in [5.41, 5.74) is 4.08. The van der Waals surface area contributed by atoms with Crippen molar-refractivity contribution in [1.82, 2.24) is 5.32 Å². The minimum Gasteiger partial charge on any atom is -0.496 e. The summed E-state index contributed by atoms with van der Waals surface area (Å²) in [6, 6.07) is 6.95. The summed E-state index contributed by atoms with van der Waals surface area (Å²) in [5, 5.41) is 3.70. The van der Waals surface area contributed by atoms with Gasteiger partial charge in [-0.2, -0.15) is 0 Å². The highest BCUT2D eigenvalue weighted by Crippen LogP contribution is 2.32. The first-order valence-corrected chi connectivity index (χ1v) is 7.83. The molecule has 20 heavy (non-hydrogen) atoms. The average molecular weight is 273 g/mol. The van der Waals surface area contributed by atoms with Crippen molar-refractivity contribution in [3.05, 3.63) is 41.0 Å². The molecule has 1 aromatic rings. The van der Waals surface area contributed by atoms with Crippen LogP contribution >= 0.6 is 0 Å². The van der Waals surface area contributed by atoms with Crippen LogP contribution in [-0.4, -0.2) is 13.7 Å². The monoisotopic (exact) mass is 273 g/mol. The van der Waals surface area contributed by atoms with Crippen LogP contribution < -0.4 is 10.1 Å². The van der Waals surface area contributed by atoms with Gasteiger partial charge in [-0.15, -0.1) is 0 Å². The Bertz CT molecular complexity index is 464. The van der Waals surface area contributed by atoms with Crippen LogP contribution in [0.25, 0.3) is 0 Å². The van der Waals surface area contributed by atoms with Crippen LogP contribution in [0.3, 0.4) is 0 Å². The van der Waals surface area contributed by atoms with E-state index in [-0.39, 0.29) is 0 Å². The van der Waals surface area contributed by atoms with Gasteiger partial charge in [-0.1, -0.05) is 30.7 Å². The molecular formula is C18H27NO. The first kappa shape index (κ1) is 15.1. The van der Waals surface area contributed by atoms with Crippen molar-refractivity contribution >= 4 is 0 Å². The lowest BCUT2D eigenvalue weighted by molar-refractivity contribution is 0.410. The molecule has 1 N–H and O–H groups in total. The molecule has 0 amide bonds. The summed E-state index contributed by atoms with van der Waals surface area (Å²) in [6.45, 7) is 5.37. The smallest absolute Gasteiger partial charge is 0.122 e. The Morgan fingerprint density at radius 2 is 2.15 bits per heavy atom. The van der Waals surface area contributed by atoms with Gasteiger partial charge < -0.3 is 10.1 Å². The van der Waals surface area contributed by atoms with Crippen molar-refractivity contribution in [1.29, 1.82) is 0 Å². The lowest BCUT2D eigenvalue weighted by atomic mass is 9.89. The van der Waals surface area contributed by atoms with Crippen LogP contribution in [0.15, 0.2) is 29.8 Å². The van der Waals surface area contributed by atoms with Gasteiger partial charge in [0.05, 0.1) is 13.2 Å². The van der Waals surface area contributed by atoms with Crippen LogP contribution in [-0.2, 0) is 0 Å². The summed E-state index contributed by atoms with van der Waals surface area (Å²) in [7, 11) is 1.75. The van der Waals surface area contributed by atoms with E-state index in [1.807, 2.05) is 0 Å². The molecule has 1 atom stereocenters. The van der Waals surface area contributed by atoms with Gasteiger partial charge in [0.15, 0.2) is 0 Å². The van der Waals surface area contributed by atoms with Gasteiger partial charge in [-0.05, 0) is 62.8 Å². The number of ether oxygens (including phenoxy) is 1. The highest BCUT2D eigenvalue weighted by atomic mass is 16.5. The Hall–Kier alpha value is -1.28. The van der Waals surface area contributed by atoms with Crippen molar-refractivity contribution in [2.24, 2.45) is 0 Å². The van der Waals surface area contributed by atoms with Gasteiger partial charge in [0, 0.05) is 0 Å². The fourth-order valence-corrected chi connectivity index (χ4v) is 2.89. The fraction of sp³-hybridized carbons (Fsp3) is 0.556. The second-order valence-corrected chi connectivity index (χ2v) is 5.64. The Balaban J connectivity index is 2.27. The van der Waals surface area contributed by atoms with Gasteiger partial charge in [0.2, 0.25) is 0 Å². The Morgan fingerprint density at radius 1 is 1.30 bits per heavy atom. The van der Waals surface area contributed by atoms with Gasteiger partial charge in [0.25, 0.3) is 0 Å². The van der Waals surface area contributed by atoms with Crippen molar-refractivity contribution in [3.63, 3.8) is 0 Å². The molecule has 2 nitrogen and oxygen atoms in total. The summed E-state index contributed by atoms with van der Waals surface area (Å²) >= 11 is 0. The molecule has 1 aromatic carbocycles. The highest BCUT2D eigenvalue weighted by molar-refractivity contribution is 5.40. The maximum absolute atomic E-state index is 5.48. The van der Waals surface area contributed by atoms with Crippen LogP contribution in [0, 0.1) is 6.92 Å². The van der Waals surface area contributed by atoms with Gasteiger partial charge in [0.1, 0.15) is 5.75 Å². The molecule has 0 heterocycles. The van der Waals surface area contributed by atoms with E-state index >= 15 is 0 Å². The molecule has 0 spiro atoms. The minimum atomic E-state index is 0.352. The quantitative estimate of drug-likeness (QED) is 0.768. The van der Waals surface area contributed by atoms with Crippen LogP contribution in [0.4, 0.5) is 0 Å². The molecule has 2 heteroatoms. The van der Waals surface area contributed by atoms with E-state index in [2.05, 4.69) is 43.4 Å². The second-order valence-electron chi connectivity index (χ2n) is 5.64. The van der Waals surface area contributed by atoms with Crippen molar-refractivity contribution < 1.29 is 4.74 Å². The van der Waals surface area contributed by atoms with E-state index in [0.29, 0.717) is 6.04 Å². The molecule has 1 unspecified atom stereocenters. The Kier molecular flexibility index (Phi) is 5.66. The molecule has 1 aliphatic rings. The summed E-state index contributed by atoms with van der Waals surface area (Å²) in [4.78, 5) is 0. The highest BCUT2D eigenvalue weighted by Gasteiger charge is 2.18. The van der Waals surface area contributed by atoms with Crippen molar-refractivity contribution in [2.75, 3.05) is 13.7 Å². The van der Waals surface area contributed by atoms with E-state index in [1.165, 1.54) is 36.8 Å². The molecule has 0 aromatic heterocycles. The number of aryl methyl sites for hydroxylation is 1. The number of benzene rings is 1. The molecule has 0 bridgehead atoms. The maximum Gasteiger partial charge on any atom is 0.122 e. The topological polar surface area (TPSA) is 21.3 Å². The zero-order chi connectivity index (χ0) is 14.4. The maximum atomic E-state index is 5.48. The lowest BCUT2D eigenvalue weighted by Gasteiger charge is -2.25. The number of hydrogen-bond donors (Lipinski definition) is 1. The van der Waals surface area contributed by atoms with Crippen molar-refractivity contribution in [3.8, 4) is 5.75 Å². The molecule has 0 saturated carbocycles. The zero-order valence-electron chi connectivity index (χ0n) is 13.0. The third-order valence-corrected chi connectivity index (χ3v) is 4.06. The summed E-state index contributed by atoms with van der Waals surface area (Å²) < 4.78 is 5.48. The van der Waals surface area contributed by atoms with E-state index in [0.717, 1.165) is 18.7 Å². The van der Waals surface area contributed by atoms with Crippen LogP contribution in [0.1, 0.15) is 56.2 Å². The van der Waals surface area contributed by atoms with E-state index < -0.39 is 0 Å². The average Bonchev–Trinajstić information content (AvgIpc) is 2.50. The fourth-order valence-electron chi connectivity index (χ4n) is 2.89. The predicted molar refractivity (Wildman–Crippen MR) is 85.3 cm³/mol. The van der Waals surface area contributed by atoms with Crippen LogP contribution in [0.5, 0.6) is 5.75 Å². The SMILES string of the molecule is CCCNC(C1=CCCCC1)c1ccc(C)c(OC)c1. The molecule has 0 aliphatic heterocycles. The first-order valence-electron chi connectivity index (χ1n) is 7.83. The Morgan fingerprint density at radius 3 is 2.80 bits per heavy atom. The van der Waals surface area contributed by atoms with E-state index in [9.17, 15) is 0 Å². The van der Waals surface area contributed by atoms with Gasteiger partial charge in [-0.25, -0.2) is 0 Å². The second kappa shape index (κ2) is 7.49. The third kappa shape index (κ3) is 3.63. The minimum absolute atomic E-state index is 0.352. The van der Waals surface area contributed by atoms with Gasteiger partial charge in [-0.3, -0.25) is 0 Å². The predicted octanol–water partition coefficient (Wildman–Crippen LogP) is 4.54.